The number of hydrogen-bond acceptors (Lipinski definition) is 4. The molecule has 0 saturated carbocycles. The topological polar surface area (TPSA) is 63.6 Å². The van der Waals surface area contributed by atoms with Crippen LogP contribution in [0.4, 0.5) is 13.2 Å². The van der Waals surface area contributed by atoms with E-state index in [2.05, 4.69) is 10.2 Å². The highest BCUT2D eigenvalue weighted by Gasteiger charge is 2.33. The number of pyridine rings is 1. The summed E-state index contributed by atoms with van der Waals surface area (Å²) in [6.45, 7) is 0.840. The quantitative estimate of drug-likeness (QED) is 0.654. The normalized spacial score (nSPS) is 18.2. The third-order valence-electron chi connectivity index (χ3n) is 4.61. The first-order valence-electron chi connectivity index (χ1n) is 8.29. The maximum absolute atomic E-state index is 13.0. The van der Waals surface area contributed by atoms with Crippen molar-refractivity contribution in [1.82, 2.24) is 19.5 Å². The number of carbonyl (C=O) groups excluding carboxylic acids is 1. The van der Waals surface area contributed by atoms with Crippen molar-refractivity contribution >= 4 is 23.2 Å². The summed E-state index contributed by atoms with van der Waals surface area (Å²) in [5.41, 5.74) is -0.440. The summed E-state index contributed by atoms with van der Waals surface area (Å²) in [7, 11) is 0. The highest BCUT2D eigenvalue weighted by Crippen LogP contribution is 2.31. The molecule has 0 aromatic carbocycles. The van der Waals surface area contributed by atoms with Gasteiger partial charge in [0.25, 0.3) is 5.91 Å². The van der Waals surface area contributed by atoms with Crippen LogP contribution in [0.3, 0.4) is 0 Å². The molecule has 1 fully saturated rings. The van der Waals surface area contributed by atoms with Crippen molar-refractivity contribution in [3.05, 3.63) is 52.8 Å². The average molecular weight is 399 g/mol. The molecule has 0 radical (unpaired) electrons. The van der Waals surface area contributed by atoms with Gasteiger partial charge in [0, 0.05) is 25.2 Å². The summed E-state index contributed by atoms with van der Waals surface area (Å²) in [6.07, 6.45) is -2.07. The van der Waals surface area contributed by atoms with E-state index < -0.39 is 11.7 Å². The molecule has 0 aliphatic carbocycles. The fourth-order valence-electron chi connectivity index (χ4n) is 3.31. The Kier molecular flexibility index (Phi) is 4.33. The van der Waals surface area contributed by atoms with Gasteiger partial charge in [-0.1, -0.05) is 0 Å². The standard InChI is InChI=1S/C17H14ClF3N4O2/c18-13-5-4-12(27-13)16(26)24-7-1-2-10(8-24)15-23-22-14-6-3-11(9-25(14)15)17(19,20)21/h3-6,9-10H,1-2,7-8H2. The summed E-state index contributed by atoms with van der Waals surface area (Å²) < 4.78 is 45.6. The first-order chi connectivity index (χ1) is 12.8. The first-order valence-corrected chi connectivity index (χ1v) is 8.67. The molecule has 142 valence electrons. The van der Waals surface area contributed by atoms with Crippen LogP contribution < -0.4 is 0 Å². The third-order valence-corrected chi connectivity index (χ3v) is 4.82. The second kappa shape index (κ2) is 6.56. The van der Waals surface area contributed by atoms with Crippen LogP contribution in [0, 0.1) is 0 Å². The molecule has 1 unspecified atom stereocenters. The van der Waals surface area contributed by atoms with Crippen molar-refractivity contribution in [2.45, 2.75) is 24.9 Å². The van der Waals surface area contributed by atoms with Crippen molar-refractivity contribution in [1.29, 1.82) is 0 Å². The van der Waals surface area contributed by atoms with Gasteiger partial charge in [0.1, 0.15) is 5.82 Å². The second-order valence-corrected chi connectivity index (χ2v) is 6.77. The molecular formula is C17H14ClF3N4O2. The molecule has 0 bridgehead atoms. The Labute approximate surface area is 156 Å². The van der Waals surface area contributed by atoms with Crippen LogP contribution in [-0.2, 0) is 6.18 Å². The number of piperidine rings is 1. The Morgan fingerprint density at radius 3 is 2.74 bits per heavy atom. The van der Waals surface area contributed by atoms with Crippen LogP contribution in [0.15, 0.2) is 34.9 Å². The van der Waals surface area contributed by atoms with Crippen LogP contribution in [0.25, 0.3) is 5.65 Å². The summed E-state index contributed by atoms with van der Waals surface area (Å²) in [5.74, 6) is 0.000190. The zero-order valence-electron chi connectivity index (χ0n) is 13.9. The summed E-state index contributed by atoms with van der Waals surface area (Å²) in [6, 6.07) is 5.25. The molecule has 0 spiro atoms. The number of nitrogens with zero attached hydrogens (tertiary/aromatic N) is 4. The van der Waals surface area contributed by atoms with Crippen molar-refractivity contribution in [2.24, 2.45) is 0 Å². The number of likely N-dealkylation sites (tertiary alicyclic amines) is 1. The van der Waals surface area contributed by atoms with E-state index in [-0.39, 0.29) is 22.8 Å². The Morgan fingerprint density at radius 2 is 2.04 bits per heavy atom. The van der Waals surface area contributed by atoms with E-state index in [0.29, 0.717) is 37.4 Å². The molecule has 3 aromatic rings. The smallest absolute Gasteiger partial charge is 0.417 e. The SMILES string of the molecule is O=C(c1ccc(Cl)o1)N1CCCC(c2nnc3ccc(C(F)(F)F)cn23)C1. The molecule has 10 heteroatoms. The van der Waals surface area contributed by atoms with E-state index in [9.17, 15) is 18.0 Å². The van der Waals surface area contributed by atoms with Gasteiger partial charge in [-0.2, -0.15) is 13.2 Å². The van der Waals surface area contributed by atoms with Gasteiger partial charge in [-0.3, -0.25) is 9.20 Å². The van der Waals surface area contributed by atoms with Crippen LogP contribution in [0.1, 0.15) is 40.7 Å². The van der Waals surface area contributed by atoms with E-state index in [0.717, 1.165) is 12.3 Å². The Balaban J connectivity index is 1.62. The lowest BCUT2D eigenvalue weighted by molar-refractivity contribution is -0.137. The minimum atomic E-state index is -4.46. The van der Waals surface area contributed by atoms with Gasteiger partial charge in [0.2, 0.25) is 0 Å². The van der Waals surface area contributed by atoms with Crippen LogP contribution in [0.2, 0.25) is 5.22 Å². The summed E-state index contributed by atoms with van der Waals surface area (Å²) >= 11 is 5.72. The minimum Gasteiger partial charge on any atom is -0.440 e. The number of aromatic nitrogens is 3. The fraction of sp³-hybridized carbons (Fsp3) is 0.353. The Hall–Kier alpha value is -2.55. The van der Waals surface area contributed by atoms with Gasteiger partial charge in [0.05, 0.1) is 5.56 Å². The number of fused-ring (bicyclic) bond motifs is 1. The van der Waals surface area contributed by atoms with Crippen molar-refractivity contribution in [3.63, 3.8) is 0 Å². The number of carbonyl (C=O) groups is 1. The Bertz CT molecular complexity index is 998. The number of rotatable bonds is 2. The van der Waals surface area contributed by atoms with Gasteiger partial charge >= 0.3 is 6.18 Å². The zero-order chi connectivity index (χ0) is 19.2. The number of amides is 1. The molecule has 0 N–H and O–H groups in total. The lowest BCUT2D eigenvalue weighted by Gasteiger charge is -2.31. The lowest BCUT2D eigenvalue weighted by Crippen LogP contribution is -2.39. The highest BCUT2D eigenvalue weighted by atomic mass is 35.5. The predicted octanol–water partition coefficient (Wildman–Crippen LogP) is 4.01. The van der Waals surface area contributed by atoms with E-state index in [1.54, 1.807) is 4.90 Å². The van der Waals surface area contributed by atoms with Gasteiger partial charge in [-0.15, -0.1) is 10.2 Å². The largest absolute Gasteiger partial charge is 0.440 e. The number of halogens is 4. The van der Waals surface area contributed by atoms with E-state index >= 15 is 0 Å². The number of alkyl halides is 3. The molecule has 6 nitrogen and oxygen atoms in total. The van der Waals surface area contributed by atoms with Gasteiger partial charge in [0.15, 0.2) is 16.6 Å². The Morgan fingerprint density at radius 1 is 1.22 bits per heavy atom. The molecule has 1 aliphatic heterocycles. The predicted molar refractivity (Wildman–Crippen MR) is 89.6 cm³/mol. The molecule has 1 aliphatic rings. The summed E-state index contributed by atoms with van der Waals surface area (Å²) in [5, 5.41) is 8.15. The maximum atomic E-state index is 13.0. The average Bonchev–Trinajstić information content (AvgIpc) is 3.26. The number of furan rings is 1. The third kappa shape index (κ3) is 3.39. The lowest BCUT2D eigenvalue weighted by atomic mass is 9.97. The molecule has 4 heterocycles. The van der Waals surface area contributed by atoms with Gasteiger partial charge in [-0.25, -0.2) is 0 Å². The van der Waals surface area contributed by atoms with Crippen molar-refractivity contribution < 1.29 is 22.4 Å². The minimum absolute atomic E-state index is 0.120. The second-order valence-electron chi connectivity index (χ2n) is 6.40. The number of hydrogen-bond donors (Lipinski definition) is 0. The zero-order valence-corrected chi connectivity index (χ0v) is 14.7. The summed E-state index contributed by atoms with van der Waals surface area (Å²) in [4.78, 5) is 14.2. The molecule has 27 heavy (non-hydrogen) atoms. The van der Waals surface area contributed by atoms with Crippen molar-refractivity contribution in [3.8, 4) is 0 Å². The molecule has 1 atom stereocenters. The van der Waals surface area contributed by atoms with E-state index in [1.165, 1.54) is 22.6 Å². The van der Waals surface area contributed by atoms with Crippen LogP contribution >= 0.6 is 11.6 Å². The van der Waals surface area contributed by atoms with Crippen LogP contribution in [0.5, 0.6) is 0 Å². The molecule has 1 amide bonds. The van der Waals surface area contributed by atoms with E-state index in [1.807, 2.05) is 0 Å². The van der Waals surface area contributed by atoms with Gasteiger partial charge in [-0.05, 0) is 48.7 Å². The maximum Gasteiger partial charge on any atom is 0.417 e. The van der Waals surface area contributed by atoms with Gasteiger partial charge < -0.3 is 9.32 Å². The highest BCUT2D eigenvalue weighted by molar-refractivity contribution is 6.29. The van der Waals surface area contributed by atoms with Crippen LogP contribution in [-0.4, -0.2) is 38.5 Å². The first kappa shape index (κ1) is 17.8. The fourth-order valence-corrected chi connectivity index (χ4v) is 3.46. The molecule has 1 saturated heterocycles. The molecule has 4 rings (SSSR count). The monoisotopic (exact) mass is 398 g/mol. The molecule has 3 aromatic heterocycles. The van der Waals surface area contributed by atoms with E-state index in [4.69, 9.17) is 16.0 Å². The molecular weight excluding hydrogens is 385 g/mol. The van der Waals surface area contributed by atoms with Crippen molar-refractivity contribution in [2.75, 3.05) is 13.1 Å².